The van der Waals surface area contributed by atoms with E-state index >= 15 is 0 Å². The number of carbonyl (C=O) groups is 1. The maximum Gasteiger partial charge on any atom is 0.417 e. The van der Waals surface area contributed by atoms with Crippen LogP contribution in [0.3, 0.4) is 0 Å². The lowest BCUT2D eigenvalue weighted by atomic mass is 10.2. The second kappa shape index (κ2) is 8.75. The molecule has 1 aliphatic heterocycles. The third-order valence-corrected chi connectivity index (χ3v) is 4.94. The first-order valence-electron chi connectivity index (χ1n) is 8.27. The molecule has 2 aromatic carbocycles. The molecule has 1 N–H and O–H groups in total. The first-order valence-corrected chi connectivity index (χ1v) is 9.46. The van der Waals surface area contributed by atoms with E-state index in [1.165, 1.54) is 6.07 Å². The third-order valence-electron chi connectivity index (χ3n) is 3.70. The van der Waals surface area contributed by atoms with E-state index in [4.69, 9.17) is 16.3 Å². The van der Waals surface area contributed by atoms with Gasteiger partial charge in [-0.3, -0.25) is 4.79 Å². The highest BCUT2D eigenvalue weighted by atomic mass is 35.5. The number of para-hydroxylation sites is 1. The predicted molar refractivity (Wildman–Crippen MR) is 109 cm³/mol. The van der Waals surface area contributed by atoms with Gasteiger partial charge in [0.15, 0.2) is 5.17 Å². The number of hydrogen-bond acceptors (Lipinski definition) is 4. The average Bonchev–Trinajstić information content (AvgIpc) is 3.00. The van der Waals surface area contributed by atoms with Gasteiger partial charge < -0.3 is 10.1 Å². The number of hydrogen-bond donors (Lipinski definition) is 1. The fraction of sp³-hybridized carbons (Fsp3) is 0.100. The van der Waals surface area contributed by atoms with Gasteiger partial charge in [-0.05, 0) is 42.1 Å². The predicted octanol–water partition coefficient (Wildman–Crippen LogP) is 5.82. The van der Waals surface area contributed by atoms with E-state index in [1.807, 2.05) is 0 Å². The summed E-state index contributed by atoms with van der Waals surface area (Å²) in [5, 5.41) is 2.29. The summed E-state index contributed by atoms with van der Waals surface area (Å²) in [5.74, 6) is 0.170. The monoisotopic (exact) mass is 438 g/mol. The summed E-state index contributed by atoms with van der Waals surface area (Å²) >= 11 is 6.63. The molecule has 1 saturated heterocycles. The number of benzene rings is 2. The first-order chi connectivity index (χ1) is 13.8. The summed E-state index contributed by atoms with van der Waals surface area (Å²) < 4.78 is 44.6. The zero-order valence-corrected chi connectivity index (χ0v) is 16.4. The smallest absolute Gasteiger partial charge is 0.417 e. The number of amidine groups is 1. The highest BCUT2D eigenvalue weighted by Gasteiger charge is 2.33. The number of amides is 1. The molecule has 4 nitrogen and oxygen atoms in total. The van der Waals surface area contributed by atoms with Gasteiger partial charge in [0.25, 0.3) is 5.91 Å². The number of aliphatic imine (C=N–C) groups is 1. The molecule has 0 saturated carbocycles. The minimum atomic E-state index is -4.60. The summed E-state index contributed by atoms with van der Waals surface area (Å²) in [6, 6.07) is 10.4. The van der Waals surface area contributed by atoms with Gasteiger partial charge >= 0.3 is 6.18 Å². The lowest BCUT2D eigenvalue weighted by Crippen LogP contribution is -2.19. The van der Waals surface area contributed by atoms with E-state index in [9.17, 15) is 18.0 Å². The number of nitrogens with zero attached hydrogens (tertiary/aromatic N) is 1. The quantitative estimate of drug-likeness (QED) is 0.473. The van der Waals surface area contributed by atoms with Crippen LogP contribution in [0.2, 0.25) is 5.02 Å². The van der Waals surface area contributed by atoms with Crippen molar-refractivity contribution in [1.29, 1.82) is 0 Å². The Morgan fingerprint density at radius 3 is 2.72 bits per heavy atom. The van der Waals surface area contributed by atoms with Crippen LogP contribution in [-0.2, 0) is 11.0 Å². The Morgan fingerprint density at radius 2 is 2.00 bits per heavy atom. The summed E-state index contributed by atoms with van der Waals surface area (Å²) in [6.45, 7) is 3.90. The molecule has 0 spiro atoms. The topological polar surface area (TPSA) is 50.7 Å². The van der Waals surface area contributed by atoms with Gasteiger partial charge in [-0.15, -0.1) is 0 Å². The lowest BCUT2D eigenvalue weighted by Gasteiger charge is -2.09. The van der Waals surface area contributed by atoms with Crippen LogP contribution in [-0.4, -0.2) is 17.7 Å². The summed E-state index contributed by atoms with van der Waals surface area (Å²) in [7, 11) is 0. The van der Waals surface area contributed by atoms with Crippen LogP contribution in [0.25, 0.3) is 6.08 Å². The molecule has 2 aromatic rings. The maximum absolute atomic E-state index is 13.0. The summed E-state index contributed by atoms with van der Waals surface area (Å²) in [5.41, 5.74) is -0.279. The van der Waals surface area contributed by atoms with Crippen LogP contribution in [0.15, 0.2) is 65.0 Å². The van der Waals surface area contributed by atoms with Crippen molar-refractivity contribution in [1.82, 2.24) is 5.32 Å². The third kappa shape index (κ3) is 5.21. The van der Waals surface area contributed by atoms with Crippen molar-refractivity contribution in [2.24, 2.45) is 4.99 Å². The van der Waals surface area contributed by atoms with Gasteiger partial charge in [-0.25, -0.2) is 4.99 Å². The van der Waals surface area contributed by atoms with Gasteiger partial charge in [0.2, 0.25) is 0 Å². The normalized spacial score (nSPS) is 16.9. The molecular formula is C20H14ClF3N2O2S. The van der Waals surface area contributed by atoms with E-state index in [-0.39, 0.29) is 10.9 Å². The van der Waals surface area contributed by atoms with E-state index in [0.717, 1.165) is 23.9 Å². The first kappa shape index (κ1) is 21.0. The zero-order chi connectivity index (χ0) is 21.0. The van der Waals surface area contributed by atoms with Crippen molar-refractivity contribution < 1.29 is 22.7 Å². The molecule has 0 aromatic heterocycles. The molecule has 0 atom stereocenters. The van der Waals surface area contributed by atoms with Crippen LogP contribution < -0.4 is 10.1 Å². The van der Waals surface area contributed by atoms with Crippen molar-refractivity contribution in [3.63, 3.8) is 0 Å². The number of nitrogens with one attached hydrogen (secondary N) is 1. The van der Waals surface area contributed by atoms with E-state index in [1.54, 1.807) is 36.4 Å². The maximum atomic E-state index is 13.0. The zero-order valence-electron chi connectivity index (χ0n) is 14.8. The van der Waals surface area contributed by atoms with Crippen molar-refractivity contribution in [2.75, 3.05) is 6.61 Å². The van der Waals surface area contributed by atoms with E-state index < -0.39 is 22.7 Å². The number of carbonyl (C=O) groups excluding carboxylic acids is 1. The fourth-order valence-electron chi connectivity index (χ4n) is 2.42. The molecule has 9 heteroatoms. The minimum absolute atomic E-state index is 0.0282. The molecule has 0 unspecified atom stereocenters. The van der Waals surface area contributed by atoms with Crippen LogP contribution in [0.1, 0.15) is 11.1 Å². The number of rotatable bonds is 5. The number of alkyl halides is 3. The molecule has 150 valence electrons. The molecule has 1 amide bonds. The van der Waals surface area contributed by atoms with Crippen LogP contribution in [0.5, 0.6) is 5.75 Å². The highest BCUT2D eigenvalue weighted by Crippen LogP contribution is 2.37. The minimum Gasteiger partial charge on any atom is -0.489 e. The molecule has 1 heterocycles. The Bertz CT molecular complexity index is 1020. The Kier molecular flexibility index (Phi) is 6.34. The van der Waals surface area contributed by atoms with Crippen molar-refractivity contribution in [3.8, 4) is 5.75 Å². The molecule has 1 fully saturated rings. The number of halogens is 4. The average molecular weight is 439 g/mol. The molecule has 1 aliphatic rings. The van der Waals surface area contributed by atoms with E-state index in [0.29, 0.717) is 22.8 Å². The van der Waals surface area contributed by atoms with Crippen molar-refractivity contribution in [3.05, 3.63) is 76.2 Å². The number of thioether (sulfide) groups is 1. The van der Waals surface area contributed by atoms with Crippen LogP contribution in [0.4, 0.5) is 18.9 Å². The Morgan fingerprint density at radius 1 is 1.24 bits per heavy atom. The Hall–Kier alpha value is -2.71. The molecule has 0 radical (unpaired) electrons. The number of ether oxygens (including phenoxy) is 1. The molecule has 3 rings (SSSR count). The second-order valence-electron chi connectivity index (χ2n) is 5.78. The van der Waals surface area contributed by atoms with Crippen molar-refractivity contribution >= 4 is 46.2 Å². The fourth-order valence-corrected chi connectivity index (χ4v) is 3.48. The SMILES string of the molecule is C=CCOc1ccccc1/C=C1\SC(=Nc2ccc(Cl)c(C(F)(F)F)c2)NC1=O. The van der Waals surface area contributed by atoms with Gasteiger partial charge in [0.1, 0.15) is 12.4 Å². The Labute approximate surface area is 174 Å². The van der Waals surface area contributed by atoms with E-state index in [2.05, 4.69) is 16.9 Å². The standard InChI is InChI=1S/C20H14ClF3N2O2S/c1-2-9-28-16-6-4-3-5-12(16)10-17-18(27)26-19(29-17)25-13-7-8-15(21)14(11-13)20(22,23)24/h2-8,10-11H,1,9H2,(H,25,26,27)/b17-10-. The van der Waals surface area contributed by atoms with Gasteiger partial charge in [0.05, 0.1) is 21.2 Å². The highest BCUT2D eigenvalue weighted by molar-refractivity contribution is 8.18. The molecule has 0 bridgehead atoms. The lowest BCUT2D eigenvalue weighted by molar-refractivity contribution is -0.137. The molecular weight excluding hydrogens is 425 g/mol. The van der Waals surface area contributed by atoms with Gasteiger partial charge in [-0.1, -0.05) is 42.5 Å². The molecule has 29 heavy (non-hydrogen) atoms. The van der Waals surface area contributed by atoms with Crippen LogP contribution >= 0.6 is 23.4 Å². The van der Waals surface area contributed by atoms with Crippen molar-refractivity contribution in [2.45, 2.75) is 6.18 Å². The van der Waals surface area contributed by atoms with Crippen LogP contribution in [0, 0.1) is 0 Å². The largest absolute Gasteiger partial charge is 0.489 e. The summed E-state index contributed by atoms with van der Waals surface area (Å²) in [4.78, 5) is 16.7. The second-order valence-corrected chi connectivity index (χ2v) is 7.22. The molecule has 0 aliphatic carbocycles. The Balaban J connectivity index is 1.86. The van der Waals surface area contributed by atoms with Gasteiger partial charge in [-0.2, -0.15) is 13.2 Å². The van der Waals surface area contributed by atoms with Gasteiger partial charge in [0, 0.05) is 5.56 Å². The summed E-state index contributed by atoms with van der Waals surface area (Å²) in [6.07, 6.45) is -1.36.